The van der Waals surface area contributed by atoms with Crippen LogP contribution in [0.2, 0.25) is 0 Å². The molecule has 9 heteroatoms. The zero-order chi connectivity index (χ0) is 22.5. The minimum Gasteiger partial charge on any atom is -0.349 e. The van der Waals surface area contributed by atoms with Crippen molar-refractivity contribution in [2.75, 3.05) is 6.54 Å². The summed E-state index contributed by atoms with van der Waals surface area (Å²) < 4.78 is 1.48. The van der Waals surface area contributed by atoms with Crippen molar-refractivity contribution < 1.29 is 9.59 Å². The number of benzene rings is 1. The average molecular weight is 433 g/mol. The smallest absolute Gasteiger partial charge is 0.328 e. The van der Waals surface area contributed by atoms with Crippen molar-refractivity contribution in [1.82, 2.24) is 24.8 Å². The van der Waals surface area contributed by atoms with Gasteiger partial charge >= 0.3 is 5.69 Å². The van der Waals surface area contributed by atoms with Crippen LogP contribution in [0.3, 0.4) is 0 Å². The highest BCUT2D eigenvalue weighted by molar-refractivity contribution is 5.99. The maximum atomic E-state index is 12.4. The van der Waals surface area contributed by atoms with E-state index in [1.54, 1.807) is 36.7 Å². The summed E-state index contributed by atoms with van der Waals surface area (Å²) in [7, 11) is 0. The van der Waals surface area contributed by atoms with Crippen molar-refractivity contribution >= 4 is 11.7 Å². The van der Waals surface area contributed by atoms with Crippen molar-refractivity contribution in [2.45, 2.75) is 38.6 Å². The number of hydrogen-bond donors (Lipinski definition) is 2. The van der Waals surface area contributed by atoms with Crippen LogP contribution in [0.25, 0.3) is 11.1 Å². The molecule has 0 bridgehead atoms. The quantitative estimate of drug-likeness (QED) is 0.540. The predicted octanol–water partition coefficient (Wildman–Crippen LogP) is 1.26. The first kappa shape index (κ1) is 21.4. The molecule has 0 saturated heterocycles. The number of nitrogens with zero attached hydrogens (tertiary/aromatic N) is 3. The van der Waals surface area contributed by atoms with Crippen LogP contribution >= 0.6 is 0 Å². The average Bonchev–Trinajstić information content (AvgIpc) is 2.83. The molecule has 1 amide bonds. The number of amides is 1. The Morgan fingerprint density at radius 1 is 1.00 bits per heavy atom. The molecule has 0 unspecified atom stereocenters. The van der Waals surface area contributed by atoms with Crippen molar-refractivity contribution in [2.24, 2.45) is 0 Å². The molecule has 1 aliphatic carbocycles. The number of carbonyl (C=O) groups excluding carboxylic acids is 2. The third-order valence-electron chi connectivity index (χ3n) is 5.61. The summed E-state index contributed by atoms with van der Waals surface area (Å²) in [4.78, 5) is 59.2. The van der Waals surface area contributed by atoms with Crippen LogP contribution in [0.15, 0.2) is 52.6 Å². The van der Waals surface area contributed by atoms with Gasteiger partial charge in [-0.05, 0) is 31.2 Å². The second-order valence-electron chi connectivity index (χ2n) is 7.70. The van der Waals surface area contributed by atoms with Crippen molar-refractivity contribution in [3.8, 4) is 11.1 Å². The molecule has 0 saturated carbocycles. The maximum Gasteiger partial charge on any atom is 0.328 e. The zero-order valence-corrected chi connectivity index (χ0v) is 17.5. The largest absolute Gasteiger partial charge is 0.349 e. The molecular formula is C23H23N5O4. The van der Waals surface area contributed by atoms with E-state index in [0.29, 0.717) is 24.0 Å². The van der Waals surface area contributed by atoms with Crippen molar-refractivity contribution in [1.29, 1.82) is 0 Å². The van der Waals surface area contributed by atoms with Crippen LogP contribution in [0.5, 0.6) is 0 Å². The zero-order valence-electron chi connectivity index (χ0n) is 17.5. The Morgan fingerprint density at radius 3 is 2.47 bits per heavy atom. The van der Waals surface area contributed by atoms with Gasteiger partial charge in [0.05, 0.1) is 6.54 Å². The number of carbonyl (C=O) groups is 2. The molecule has 2 N–H and O–H groups in total. The van der Waals surface area contributed by atoms with Gasteiger partial charge in [0.2, 0.25) is 5.91 Å². The van der Waals surface area contributed by atoms with Gasteiger partial charge in [-0.2, -0.15) is 0 Å². The highest BCUT2D eigenvalue weighted by Gasteiger charge is 2.18. The fraction of sp³-hybridized carbons (Fsp3) is 0.304. The predicted molar refractivity (Wildman–Crippen MR) is 117 cm³/mol. The second kappa shape index (κ2) is 9.51. The molecule has 1 aliphatic rings. The molecule has 0 fully saturated rings. The molecule has 2 aromatic heterocycles. The Hall–Kier alpha value is -3.88. The van der Waals surface area contributed by atoms with Gasteiger partial charge in [-0.15, -0.1) is 0 Å². The summed E-state index contributed by atoms with van der Waals surface area (Å²) in [5.41, 5.74) is 2.75. The fourth-order valence-electron chi connectivity index (χ4n) is 3.91. The molecule has 1 aromatic carbocycles. The summed E-state index contributed by atoms with van der Waals surface area (Å²) in [5.74, 6) is -0.549. The molecule has 0 atom stereocenters. The van der Waals surface area contributed by atoms with E-state index in [1.165, 1.54) is 10.9 Å². The molecule has 0 spiro atoms. The van der Waals surface area contributed by atoms with E-state index >= 15 is 0 Å². The fourth-order valence-corrected chi connectivity index (χ4v) is 3.91. The Balaban J connectivity index is 1.33. The van der Waals surface area contributed by atoms with Gasteiger partial charge in [-0.3, -0.25) is 23.9 Å². The Bertz CT molecular complexity index is 1250. The number of fused-ring (bicyclic) bond motifs is 1. The van der Waals surface area contributed by atoms with Crippen LogP contribution in [0.1, 0.15) is 40.9 Å². The van der Waals surface area contributed by atoms with Crippen LogP contribution in [-0.4, -0.2) is 37.8 Å². The standard InChI is InChI=1S/C23H23N5O4/c29-20(16-7-5-15(6-8-16)17-11-24-14-25-12-17)13-26-21(30)9-10-28-19-4-2-1-3-18(19)22(31)27-23(28)32/h5-8,11-12,14H,1-4,9-10,13H2,(H,26,30)(H,27,31,32). The first-order valence-corrected chi connectivity index (χ1v) is 10.5. The SMILES string of the molecule is O=C(CCn1c2c(c(=O)[nH]c1=O)CCCC2)NCC(=O)c1ccc(-c2cncnc2)cc1. The van der Waals surface area contributed by atoms with E-state index in [1.807, 2.05) is 0 Å². The highest BCUT2D eigenvalue weighted by atomic mass is 16.2. The summed E-state index contributed by atoms with van der Waals surface area (Å²) in [6.45, 7) is 0.0249. The Labute approximate surface area is 183 Å². The van der Waals surface area contributed by atoms with E-state index in [9.17, 15) is 19.2 Å². The van der Waals surface area contributed by atoms with E-state index in [2.05, 4.69) is 20.3 Å². The minimum absolute atomic E-state index is 0.0403. The molecule has 164 valence electrons. The lowest BCUT2D eigenvalue weighted by molar-refractivity contribution is -0.121. The van der Waals surface area contributed by atoms with Gasteiger partial charge < -0.3 is 5.32 Å². The summed E-state index contributed by atoms with van der Waals surface area (Å²) in [5, 5.41) is 2.61. The van der Waals surface area contributed by atoms with Crippen LogP contribution in [0.4, 0.5) is 0 Å². The molecule has 9 nitrogen and oxygen atoms in total. The number of Topliss-reactive ketones (excluding diaryl/α,β-unsaturated/α-hetero) is 1. The number of nitrogens with one attached hydrogen (secondary N) is 2. The van der Waals surface area contributed by atoms with Crippen LogP contribution in [-0.2, 0) is 24.2 Å². The third kappa shape index (κ3) is 4.72. The number of hydrogen-bond acceptors (Lipinski definition) is 6. The van der Waals surface area contributed by atoms with Crippen molar-refractivity contribution in [3.63, 3.8) is 0 Å². The normalized spacial score (nSPS) is 12.8. The van der Waals surface area contributed by atoms with Crippen LogP contribution in [0, 0.1) is 0 Å². The van der Waals surface area contributed by atoms with E-state index < -0.39 is 5.69 Å². The molecular weight excluding hydrogens is 410 g/mol. The minimum atomic E-state index is -0.497. The van der Waals surface area contributed by atoms with Gasteiger partial charge in [0.1, 0.15) is 6.33 Å². The van der Waals surface area contributed by atoms with Gasteiger partial charge in [-0.25, -0.2) is 14.8 Å². The van der Waals surface area contributed by atoms with Gasteiger partial charge in [-0.1, -0.05) is 24.3 Å². The van der Waals surface area contributed by atoms with E-state index in [-0.39, 0.29) is 36.8 Å². The highest BCUT2D eigenvalue weighted by Crippen LogP contribution is 2.18. The molecule has 0 aliphatic heterocycles. The van der Waals surface area contributed by atoms with Crippen molar-refractivity contribution in [3.05, 3.63) is 80.6 Å². The third-order valence-corrected chi connectivity index (χ3v) is 5.61. The lowest BCUT2D eigenvalue weighted by Crippen LogP contribution is -2.38. The summed E-state index contributed by atoms with van der Waals surface area (Å²) in [6, 6.07) is 7.00. The first-order chi connectivity index (χ1) is 15.5. The van der Waals surface area contributed by atoms with Gasteiger partial charge in [0.15, 0.2) is 5.78 Å². The molecule has 32 heavy (non-hydrogen) atoms. The number of ketones is 1. The second-order valence-corrected chi connectivity index (χ2v) is 7.70. The Morgan fingerprint density at radius 2 is 1.72 bits per heavy atom. The number of rotatable bonds is 7. The topological polar surface area (TPSA) is 127 Å². The first-order valence-electron chi connectivity index (χ1n) is 10.5. The van der Waals surface area contributed by atoms with Crippen LogP contribution < -0.4 is 16.6 Å². The number of aromatic amines is 1. The summed E-state index contributed by atoms with van der Waals surface area (Å²) in [6.07, 6.45) is 7.99. The summed E-state index contributed by atoms with van der Waals surface area (Å²) >= 11 is 0. The lowest BCUT2D eigenvalue weighted by atomic mass is 9.97. The molecule has 2 heterocycles. The van der Waals surface area contributed by atoms with Gasteiger partial charge in [0.25, 0.3) is 5.56 Å². The number of aromatic nitrogens is 4. The lowest BCUT2D eigenvalue weighted by Gasteiger charge is -2.19. The molecule has 0 radical (unpaired) electrons. The van der Waals surface area contributed by atoms with E-state index in [0.717, 1.165) is 29.7 Å². The number of H-pyrrole nitrogens is 1. The Kier molecular flexibility index (Phi) is 6.34. The molecule has 4 rings (SSSR count). The monoisotopic (exact) mass is 433 g/mol. The van der Waals surface area contributed by atoms with Gasteiger partial charge in [0, 0.05) is 47.7 Å². The maximum absolute atomic E-state index is 12.4. The molecule has 3 aromatic rings. The van der Waals surface area contributed by atoms with E-state index in [4.69, 9.17) is 0 Å².